The molecule has 0 radical (unpaired) electrons. The molecular formula is C19H22N4O. The number of hydrogen-bond donors (Lipinski definition) is 1. The average Bonchev–Trinajstić information content (AvgIpc) is 3.16. The largest absolute Gasteiger partial charge is 0.481 e. The van der Waals surface area contributed by atoms with Crippen molar-refractivity contribution in [2.45, 2.75) is 25.3 Å². The van der Waals surface area contributed by atoms with E-state index in [1.807, 2.05) is 30.6 Å². The quantitative estimate of drug-likeness (QED) is 0.800. The fourth-order valence-electron chi connectivity index (χ4n) is 3.60. The molecule has 0 unspecified atom stereocenters. The van der Waals surface area contributed by atoms with Gasteiger partial charge in [0.15, 0.2) is 0 Å². The van der Waals surface area contributed by atoms with Gasteiger partial charge < -0.3 is 9.72 Å². The number of para-hydroxylation sites is 1. The van der Waals surface area contributed by atoms with Crippen molar-refractivity contribution in [3.63, 3.8) is 0 Å². The fraction of sp³-hybridized carbons (Fsp3) is 0.368. The van der Waals surface area contributed by atoms with E-state index in [0.717, 1.165) is 47.8 Å². The van der Waals surface area contributed by atoms with Crippen LogP contribution in [0.25, 0.3) is 10.9 Å². The molecule has 3 heterocycles. The molecule has 5 heteroatoms. The molecule has 124 valence electrons. The Balaban J connectivity index is 1.57. The molecule has 0 saturated carbocycles. The van der Waals surface area contributed by atoms with E-state index in [1.54, 1.807) is 7.11 Å². The summed E-state index contributed by atoms with van der Waals surface area (Å²) in [5, 5.41) is 1.16. The first kappa shape index (κ1) is 15.1. The second-order valence-corrected chi connectivity index (χ2v) is 6.40. The van der Waals surface area contributed by atoms with E-state index in [2.05, 4.69) is 32.0 Å². The number of ether oxygens (including phenoxy) is 1. The highest BCUT2D eigenvalue weighted by molar-refractivity contribution is 5.80. The monoisotopic (exact) mass is 322 g/mol. The van der Waals surface area contributed by atoms with Crippen LogP contribution in [0.3, 0.4) is 0 Å². The molecule has 5 nitrogen and oxygen atoms in total. The fourth-order valence-corrected chi connectivity index (χ4v) is 3.60. The molecule has 1 N–H and O–H groups in total. The smallest absolute Gasteiger partial charge is 0.218 e. The number of hydrogen-bond acceptors (Lipinski definition) is 4. The molecule has 1 aliphatic rings. The van der Waals surface area contributed by atoms with Crippen LogP contribution in [-0.2, 0) is 6.54 Å². The number of methoxy groups -OCH3 is 1. The second kappa shape index (κ2) is 6.61. The summed E-state index contributed by atoms with van der Waals surface area (Å²) in [4.78, 5) is 14.8. The highest BCUT2D eigenvalue weighted by Crippen LogP contribution is 2.28. The van der Waals surface area contributed by atoms with Gasteiger partial charge in [0, 0.05) is 42.4 Å². The lowest BCUT2D eigenvalue weighted by molar-refractivity contribution is 0.194. The number of aromatic amines is 1. The van der Waals surface area contributed by atoms with E-state index in [-0.39, 0.29) is 0 Å². The summed E-state index contributed by atoms with van der Waals surface area (Å²) in [6.45, 7) is 2.98. The van der Waals surface area contributed by atoms with Crippen LogP contribution in [0.5, 0.6) is 5.88 Å². The molecule has 1 saturated heterocycles. The van der Waals surface area contributed by atoms with Crippen LogP contribution in [0.2, 0.25) is 0 Å². The Bertz CT molecular complexity index is 815. The molecule has 4 rings (SSSR count). The molecule has 1 aliphatic heterocycles. The van der Waals surface area contributed by atoms with Gasteiger partial charge in [-0.15, -0.1) is 0 Å². The lowest BCUT2D eigenvalue weighted by atomic mass is 9.97. The number of piperidine rings is 1. The molecule has 24 heavy (non-hydrogen) atoms. The van der Waals surface area contributed by atoms with Crippen LogP contribution >= 0.6 is 0 Å². The Kier molecular flexibility index (Phi) is 4.17. The third-order valence-corrected chi connectivity index (χ3v) is 4.76. The van der Waals surface area contributed by atoms with E-state index in [0.29, 0.717) is 5.92 Å². The number of fused-ring (bicyclic) bond motifs is 1. The summed E-state index contributed by atoms with van der Waals surface area (Å²) in [7, 11) is 1.70. The topological polar surface area (TPSA) is 54.0 Å². The number of pyridine rings is 1. The lowest BCUT2D eigenvalue weighted by Crippen LogP contribution is -2.34. The van der Waals surface area contributed by atoms with Crippen molar-refractivity contribution in [1.29, 1.82) is 0 Å². The molecule has 0 amide bonds. The molecule has 1 atom stereocenters. The Labute approximate surface area is 141 Å². The number of imidazole rings is 1. The predicted molar refractivity (Wildman–Crippen MR) is 94.1 cm³/mol. The first-order chi connectivity index (χ1) is 11.8. The van der Waals surface area contributed by atoms with Gasteiger partial charge in [0.25, 0.3) is 0 Å². The van der Waals surface area contributed by atoms with Crippen LogP contribution < -0.4 is 4.74 Å². The van der Waals surface area contributed by atoms with Crippen LogP contribution in [0.4, 0.5) is 0 Å². The van der Waals surface area contributed by atoms with E-state index in [4.69, 9.17) is 4.74 Å². The van der Waals surface area contributed by atoms with Crippen LogP contribution in [0.15, 0.2) is 42.7 Å². The van der Waals surface area contributed by atoms with Gasteiger partial charge in [-0.05, 0) is 31.5 Å². The summed E-state index contributed by atoms with van der Waals surface area (Å²) >= 11 is 0. The first-order valence-corrected chi connectivity index (χ1v) is 8.48. The van der Waals surface area contributed by atoms with Crippen molar-refractivity contribution < 1.29 is 4.74 Å². The predicted octanol–water partition coefficient (Wildman–Crippen LogP) is 3.35. The van der Waals surface area contributed by atoms with Gasteiger partial charge >= 0.3 is 0 Å². The summed E-state index contributed by atoms with van der Waals surface area (Å²) in [5.41, 5.74) is 2.13. The van der Waals surface area contributed by atoms with Crippen molar-refractivity contribution in [1.82, 2.24) is 19.9 Å². The minimum Gasteiger partial charge on any atom is -0.481 e. The van der Waals surface area contributed by atoms with Gasteiger partial charge in [-0.2, -0.15) is 0 Å². The number of aromatic nitrogens is 3. The molecule has 3 aromatic rings. The van der Waals surface area contributed by atoms with Gasteiger partial charge in [0.1, 0.15) is 5.82 Å². The van der Waals surface area contributed by atoms with Gasteiger partial charge in [0.2, 0.25) is 5.88 Å². The number of nitrogens with one attached hydrogen (secondary N) is 1. The third-order valence-electron chi connectivity index (χ3n) is 4.76. The minimum absolute atomic E-state index is 0.480. The summed E-state index contributed by atoms with van der Waals surface area (Å²) in [6, 6.07) is 10.4. The van der Waals surface area contributed by atoms with Crippen LogP contribution in [0.1, 0.15) is 30.1 Å². The standard InChI is InChI=1S/C19H22N4O/c1-24-19-16(11-14-5-2-3-7-17(14)22-19)13-23-10-4-6-15(12-23)18-20-8-9-21-18/h2-3,5,7-9,11,15H,4,6,10,12-13H2,1H3,(H,20,21)/t15-/m0/s1. The number of likely N-dealkylation sites (tertiary alicyclic amines) is 1. The zero-order chi connectivity index (χ0) is 16.4. The average molecular weight is 322 g/mol. The molecular weight excluding hydrogens is 300 g/mol. The van der Waals surface area contributed by atoms with Crippen molar-refractivity contribution in [2.24, 2.45) is 0 Å². The third kappa shape index (κ3) is 2.99. The Morgan fingerprint density at radius 2 is 2.25 bits per heavy atom. The van der Waals surface area contributed by atoms with Gasteiger partial charge in [-0.1, -0.05) is 18.2 Å². The maximum Gasteiger partial charge on any atom is 0.218 e. The zero-order valence-corrected chi connectivity index (χ0v) is 13.9. The van der Waals surface area contributed by atoms with E-state index < -0.39 is 0 Å². The van der Waals surface area contributed by atoms with E-state index >= 15 is 0 Å². The number of rotatable bonds is 4. The SMILES string of the molecule is COc1nc2ccccc2cc1CN1CCC[C@H](c2ncc[nH]2)C1. The normalized spacial score (nSPS) is 18.8. The van der Waals surface area contributed by atoms with Gasteiger partial charge in [-0.3, -0.25) is 4.90 Å². The Hall–Kier alpha value is -2.40. The molecule has 0 bridgehead atoms. The summed E-state index contributed by atoms with van der Waals surface area (Å²) in [6.07, 6.45) is 6.13. The molecule has 0 spiro atoms. The molecule has 1 fully saturated rings. The maximum atomic E-state index is 5.54. The van der Waals surface area contributed by atoms with E-state index in [1.165, 1.54) is 12.8 Å². The van der Waals surface area contributed by atoms with Crippen molar-refractivity contribution in [3.05, 3.63) is 54.1 Å². The molecule has 1 aromatic carbocycles. The van der Waals surface area contributed by atoms with Gasteiger partial charge in [-0.25, -0.2) is 9.97 Å². The lowest BCUT2D eigenvalue weighted by Gasteiger charge is -2.32. The summed E-state index contributed by atoms with van der Waals surface area (Å²) in [5.74, 6) is 2.31. The van der Waals surface area contributed by atoms with Crippen LogP contribution in [-0.4, -0.2) is 40.1 Å². The van der Waals surface area contributed by atoms with Crippen LogP contribution in [0, 0.1) is 0 Å². The van der Waals surface area contributed by atoms with E-state index in [9.17, 15) is 0 Å². The maximum absolute atomic E-state index is 5.54. The van der Waals surface area contributed by atoms with Crippen molar-refractivity contribution in [2.75, 3.05) is 20.2 Å². The van der Waals surface area contributed by atoms with Crippen molar-refractivity contribution >= 4 is 10.9 Å². The molecule has 2 aromatic heterocycles. The van der Waals surface area contributed by atoms with Crippen molar-refractivity contribution in [3.8, 4) is 5.88 Å². The van der Waals surface area contributed by atoms with Gasteiger partial charge in [0.05, 0.1) is 12.6 Å². The zero-order valence-electron chi connectivity index (χ0n) is 13.9. The number of H-pyrrole nitrogens is 1. The Morgan fingerprint density at radius 1 is 1.33 bits per heavy atom. The minimum atomic E-state index is 0.480. The Morgan fingerprint density at radius 3 is 3.08 bits per heavy atom. The summed E-state index contributed by atoms with van der Waals surface area (Å²) < 4.78 is 5.54. The second-order valence-electron chi connectivity index (χ2n) is 6.40. The highest BCUT2D eigenvalue weighted by atomic mass is 16.5. The highest BCUT2D eigenvalue weighted by Gasteiger charge is 2.24. The number of benzene rings is 1. The number of nitrogens with zero attached hydrogens (tertiary/aromatic N) is 3. The first-order valence-electron chi connectivity index (χ1n) is 8.48. The molecule has 0 aliphatic carbocycles.